The number of allylic oxidation sites excluding steroid dienone is 3. The van der Waals surface area contributed by atoms with Crippen molar-refractivity contribution in [2.24, 2.45) is 0 Å². The zero-order valence-corrected chi connectivity index (χ0v) is 18.3. The number of amides is 1. The molecule has 0 spiro atoms. The van der Waals surface area contributed by atoms with E-state index in [-0.39, 0.29) is 36.5 Å². The topological polar surface area (TPSA) is 99.0 Å². The Balaban J connectivity index is 2.21. The third kappa shape index (κ3) is 7.37. The molecule has 2 aromatic rings. The number of methoxy groups -OCH3 is 1. The van der Waals surface area contributed by atoms with Crippen LogP contribution in [-0.2, 0) is 16.0 Å². The fourth-order valence-corrected chi connectivity index (χ4v) is 2.77. The molecule has 0 heterocycles. The van der Waals surface area contributed by atoms with Crippen molar-refractivity contribution in [3.63, 3.8) is 0 Å². The fourth-order valence-electron chi connectivity index (χ4n) is 2.77. The second kappa shape index (κ2) is 12.6. The highest BCUT2D eigenvalue weighted by Crippen LogP contribution is 2.23. The van der Waals surface area contributed by atoms with Crippen molar-refractivity contribution >= 4 is 17.7 Å². The summed E-state index contributed by atoms with van der Waals surface area (Å²) >= 11 is 0. The molecule has 1 amide bonds. The zero-order valence-electron chi connectivity index (χ0n) is 18.3. The first-order valence-corrected chi connectivity index (χ1v) is 9.95. The largest absolute Gasteiger partial charge is 0.465 e. The van der Waals surface area contributed by atoms with Crippen molar-refractivity contribution in [2.45, 2.75) is 13.0 Å². The van der Waals surface area contributed by atoms with Crippen LogP contribution in [0.25, 0.3) is 0 Å². The number of anilines is 1. The van der Waals surface area contributed by atoms with Gasteiger partial charge >= 0.3 is 12.1 Å². The number of halogens is 2. The molecule has 0 fully saturated rings. The first kappa shape index (κ1) is 25.9. The Morgan fingerprint density at radius 3 is 2.47 bits per heavy atom. The Bertz CT molecular complexity index is 1110. The molecule has 0 saturated carbocycles. The van der Waals surface area contributed by atoms with Crippen LogP contribution in [0.4, 0.5) is 19.3 Å². The van der Waals surface area contributed by atoms with Crippen LogP contribution in [0.1, 0.15) is 22.3 Å². The molecule has 0 unspecified atom stereocenters. The number of nitro groups is 1. The normalized spacial score (nSPS) is 11.2. The van der Waals surface area contributed by atoms with Gasteiger partial charge in [0.05, 0.1) is 29.8 Å². The van der Waals surface area contributed by atoms with Gasteiger partial charge in [0, 0.05) is 12.1 Å². The molecule has 34 heavy (non-hydrogen) atoms. The summed E-state index contributed by atoms with van der Waals surface area (Å²) in [5, 5.41) is 11.0. The van der Waals surface area contributed by atoms with Gasteiger partial charge in [-0.25, -0.2) is 18.4 Å². The van der Waals surface area contributed by atoms with Crippen LogP contribution in [-0.4, -0.2) is 30.7 Å². The predicted molar refractivity (Wildman–Crippen MR) is 121 cm³/mol. The van der Waals surface area contributed by atoms with Crippen LogP contribution in [0, 0.1) is 21.7 Å². The summed E-state index contributed by atoms with van der Waals surface area (Å²) < 4.78 is 37.6. The van der Waals surface area contributed by atoms with Crippen molar-refractivity contribution in [3.8, 4) is 0 Å². The van der Waals surface area contributed by atoms with Gasteiger partial charge in [0.25, 0.3) is 5.70 Å². The molecule has 0 aromatic heterocycles. The molecule has 8 nitrogen and oxygen atoms in total. The Morgan fingerprint density at radius 2 is 1.88 bits per heavy atom. The van der Waals surface area contributed by atoms with Gasteiger partial charge < -0.3 is 9.47 Å². The van der Waals surface area contributed by atoms with Gasteiger partial charge in [-0.05, 0) is 48.4 Å². The molecular formula is C24H22F2N2O6. The van der Waals surface area contributed by atoms with Gasteiger partial charge in [0.2, 0.25) is 0 Å². The minimum Gasteiger partial charge on any atom is -0.465 e. The van der Waals surface area contributed by atoms with E-state index in [9.17, 15) is 28.5 Å². The van der Waals surface area contributed by atoms with E-state index in [1.165, 1.54) is 43.5 Å². The first-order chi connectivity index (χ1) is 16.3. The van der Waals surface area contributed by atoms with Crippen LogP contribution < -0.4 is 4.90 Å². The highest BCUT2D eigenvalue weighted by molar-refractivity contribution is 5.89. The summed E-state index contributed by atoms with van der Waals surface area (Å²) in [5.41, 5.74) is 0.365. The van der Waals surface area contributed by atoms with Gasteiger partial charge in [-0.15, -0.1) is 6.58 Å². The van der Waals surface area contributed by atoms with Crippen LogP contribution in [0.15, 0.2) is 79.0 Å². The monoisotopic (exact) mass is 472 g/mol. The van der Waals surface area contributed by atoms with Gasteiger partial charge in [-0.2, -0.15) is 0 Å². The van der Waals surface area contributed by atoms with Crippen molar-refractivity contribution in [2.75, 3.05) is 18.6 Å². The third-order valence-corrected chi connectivity index (χ3v) is 4.43. The number of ether oxygens (including phenoxy) is 2. The van der Waals surface area contributed by atoms with Gasteiger partial charge in [-0.1, -0.05) is 18.2 Å². The average Bonchev–Trinajstić information content (AvgIpc) is 2.82. The van der Waals surface area contributed by atoms with Crippen molar-refractivity contribution < 1.29 is 32.8 Å². The molecule has 0 bridgehead atoms. The van der Waals surface area contributed by atoms with Gasteiger partial charge in [0.1, 0.15) is 18.2 Å². The number of carbonyl (C=O) groups is 2. The van der Waals surface area contributed by atoms with E-state index >= 15 is 0 Å². The highest BCUT2D eigenvalue weighted by atomic mass is 19.1. The lowest BCUT2D eigenvalue weighted by Crippen LogP contribution is -2.32. The van der Waals surface area contributed by atoms with E-state index in [2.05, 4.69) is 11.3 Å². The number of rotatable bonds is 10. The molecule has 0 radical (unpaired) electrons. The number of esters is 1. The lowest BCUT2D eigenvalue weighted by atomic mass is 10.1. The van der Waals surface area contributed by atoms with Gasteiger partial charge in [-0.3, -0.25) is 15.0 Å². The summed E-state index contributed by atoms with van der Waals surface area (Å²) in [6, 6.07) is 8.75. The molecule has 0 aliphatic carbocycles. The maximum Gasteiger partial charge on any atom is 0.415 e. The van der Waals surface area contributed by atoms with E-state index < -0.39 is 28.6 Å². The van der Waals surface area contributed by atoms with Crippen molar-refractivity contribution in [1.29, 1.82) is 0 Å². The number of nitrogens with zero attached hydrogens (tertiary/aromatic N) is 2. The lowest BCUT2D eigenvalue weighted by Gasteiger charge is -2.22. The molecule has 10 heteroatoms. The highest BCUT2D eigenvalue weighted by Gasteiger charge is 2.22. The smallest absolute Gasteiger partial charge is 0.415 e. The molecule has 178 valence electrons. The quantitative estimate of drug-likeness (QED) is 0.155. The Hall–Kier alpha value is -4.34. The van der Waals surface area contributed by atoms with E-state index in [1.54, 1.807) is 12.1 Å². The Labute approximate surface area is 194 Å². The molecule has 0 N–H and O–H groups in total. The second-order valence-corrected chi connectivity index (χ2v) is 6.76. The second-order valence-electron chi connectivity index (χ2n) is 6.76. The maximum absolute atomic E-state index is 14.4. The summed E-state index contributed by atoms with van der Waals surface area (Å²) in [7, 11) is 1.24. The summed E-state index contributed by atoms with van der Waals surface area (Å²) in [4.78, 5) is 35.7. The number of hydrogen-bond donors (Lipinski definition) is 0. The summed E-state index contributed by atoms with van der Waals surface area (Å²) in [6.45, 7) is 2.99. The third-order valence-electron chi connectivity index (χ3n) is 4.43. The van der Waals surface area contributed by atoms with Crippen molar-refractivity contribution in [1.82, 2.24) is 0 Å². The number of benzene rings is 2. The predicted octanol–water partition coefficient (Wildman–Crippen LogP) is 5.19. The van der Waals surface area contributed by atoms with Crippen LogP contribution in [0.2, 0.25) is 0 Å². The van der Waals surface area contributed by atoms with Crippen molar-refractivity contribution in [3.05, 3.63) is 112 Å². The minimum absolute atomic E-state index is 0.161. The number of hydrogen-bond acceptors (Lipinski definition) is 6. The zero-order chi connectivity index (χ0) is 25.1. The van der Waals surface area contributed by atoms with Crippen LogP contribution >= 0.6 is 0 Å². The summed E-state index contributed by atoms with van der Waals surface area (Å²) in [6.07, 6.45) is 4.58. The van der Waals surface area contributed by atoms with Crippen LogP contribution in [0.5, 0.6) is 0 Å². The Kier molecular flexibility index (Phi) is 9.63. The fraction of sp³-hybridized carbons (Fsp3) is 0.167. The lowest BCUT2D eigenvalue weighted by molar-refractivity contribution is -0.419. The van der Waals surface area contributed by atoms with E-state index in [0.717, 1.165) is 17.0 Å². The van der Waals surface area contributed by atoms with E-state index in [1.807, 2.05) is 0 Å². The van der Waals surface area contributed by atoms with Crippen LogP contribution in [0.3, 0.4) is 0 Å². The molecule has 0 aliphatic rings. The first-order valence-electron chi connectivity index (χ1n) is 9.95. The number of carbonyl (C=O) groups excluding carboxylic acids is 2. The molecule has 0 saturated heterocycles. The maximum atomic E-state index is 14.4. The minimum atomic E-state index is -0.985. The van der Waals surface area contributed by atoms with E-state index in [4.69, 9.17) is 4.74 Å². The Morgan fingerprint density at radius 1 is 1.18 bits per heavy atom. The molecule has 0 aliphatic heterocycles. The molecule has 0 atom stereocenters. The SMILES string of the molecule is C=CC/C=C(\C=C/COC(=O)N(Cc1ccc(C(=O)OC)cc1)c1ccc(F)cc1F)[N+](=O)[O-]. The molecular weight excluding hydrogens is 450 g/mol. The van der Waals surface area contributed by atoms with Gasteiger partial charge in [0.15, 0.2) is 0 Å². The average molecular weight is 472 g/mol. The van der Waals surface area contributed by atoms with E-state index in [0.29, 0.717) is 11.6 Å². The summed E-state index contributed by atoms with van der Waals surface area (Å²) in [5.74, 6) is -2.35. The standard InChI is InChI=1S/C24H22F2N2O6/c1-3-4-6-20(28(31)32)7-5-14-34-24(30)27(22-13-12-19(25)15-21(22)26)16-17-8-10-18(11-9-17)23(29)33-2/h3,5-13,15H,1,4,14,16H2,2H3/b7-5-,20-6+. The molecule has 2 aromatic carbocycles. The molecule has 2 rings (SSSR count).